The fraction of sp³-hybridized carbons (Fsp3) is 0.333. The molecule has 0 N–H and O–H groups in total. The molecule has 1 aromatic heterocycles. The molecular formula is C27H29NO3. The number of allylic oxidation sites excluding steroid dienone is 1. The Labute approximate surface area is 183 Å². The van der Waals surface area contributed by atoms with Gasteiger partial charge in [0.25, 0.3) is 0 Å². The molecule has 0 saturated carbocycles. The standard InChI is InChI=1S/C27H29NO3/c1-2-3-4-5-6-11-18-30-19-31-27-22-14-9-8-13-21(22)26(29)25(27)24-17-16-20-12-7-10-15-23(20)28-24/h7-10,12-17H,2-6,11,18-19H2,1H3. The fourth-order valence-corrected chi connectivity index (χ4v) is 3.98. The molecule has 0 spiro atoms. The molecule has 31 heavy (non-hydrogen) atoms. The molecule has 1 heterocycles. The van der Waals surface area contributed by atoms with Gasteiger partial charge in [0, 0.05) is 16.5 Å². The summed E-state index contributed by atoms with van der Waals surface area (Å²) in [6.45, 7) is 3.02. The van der Waals surface area contributed by atoms with Crippen LogP contribution in [-0.4, -0.2) is 24.2 Å². The highest BCUT2D eigenvalue weighted by molar-refractivity contribution is 6.38. The van der Waals surface area contributed by atoms with Crippen molar-refractivity contribution in [2.75, 3.05) is 13.4 Å². The second-order valence-electron chi connectivity index (χ2n) is 7.91. The zero-order valence-corrected chi connectivity index (χ0v) is 18.1. The SMILES string of the molecule is CCCCCCCCOCOC1=C(c2ccc3ccccc3n2)C(=O)c2ccccc21. The summed E-state index contributed by atoms with van der Waals surface area (Å²) in [5.41, 5.74) is 3.45. The van der Waals surface area contributed by atoms with Gasteiger partial charge < -0.3 is 9.47 Å². The van der Waals surface area contributed by atoms with Crippen LogP contribution in [-0.2, 0) is 9.47 Å². The number of ketones is 1. The van der Waals surface area contributed by atoms with Crippen molar-refractivity contribution < 1.29 is 14.3 Å². The lowest BCUT2D eigenvalue weighted by atomic mass is 10.1. The van der Waals surface area contributed by atoms with Crippen LogP contribution in [0.4, 0.5) is 0 Å². The molecule has 2 aromatic carbocycles. The molecule has 0 bridgehead atoms. The Kier molecular flexibility index (Phi) is 7.11. The van der Waals surface area contributed by atoms with E-state index in [0.717, 1.165) is 22.9 Å². The summed E-state index contributed by atoms with van der Waals surface area (Å²) in [6.07, 6.45) is 7.31. The number of Topliss-reactive ketones (excluding diaryl/α,β-unsaturated/α-hetero) is 1. The van der Waals surface area contributed by atoms with Gasteiger partial charge in [-0.1, -0.05) is 87.6 Å². The maximum atomic E-state index is 13.2. The number of hydrogen-bond acceptors (Lipinski definition) is 4. The van der Waals surface area contributed by atoms with Crippen molar-refractivity contribution in [3.8, 4) is 0 Å². The Hall–Kier alpha value is -2.98. The minimum Gasteiger partial charge on any atom is -0.466 e. The van der Waals surface area contributed by atoms with E-state index in [-0.39, 0.29) is 12.6 Å². The molecule has 3 aromatic rings. The van der Waals surface area contributed by atoms with Gasteiger partial charge in [-0.15, -0.1) is 0 Å². The molecule has 160 valence electrons. The van der Waals surface area contributed by atoms with Crippen LogP contribution in [0.2, 0.25) is 0 Å². The van der Waals surface area contributed by atoms with E-state index in [1.165, 1.54) is 32.1 Å². The Bertz CT molecular complexity index is 1090. The zero-order valence-electron chi connectivity index (χ0n) is 18.1. The van der Waals surface area contributed by atoms with Crippen LogP contribution < -0.4 is 0 Å². The molecule has 0 saturated heterocycles. The number of fused-ring (bicyclic) bond motifs is 2. The number of pyridine rings is 1. The largest absolute Gasteiger partial charge is 0.466 e. The molecular weight excluding hydrogens is 386 g/mol. The van der Waals surface area contributed by atoms with E-state index in [2.05, 4.69) is 6.92 Å². The van der Waals surface area contributed by atoms with Gasteiger partial charge in [0.15, 0.2) is 12.6 Å². The van der Waals surface area contributed by atoms with Gasteiger partial charge in [-0.3, -0.25) is 4.79 Å². The van der Waals surface area contributed by atoms with E-state index >= 15 is 0 Å². The molecule has 1 aliphatic rings. The van der Waals surface area contributed by atoms with Crippen molar-refractivity contribution in [1.82, 2.24) is 4.98 Å². The summed E-state index contributed by atoms with van der Waals surface area (Å²) in [4.78, 5) is 17.9. The highest BCUT2D eigenvalue weighted by atomic mass is 16.7. The topological polar surface area (TPSA) is 48.4 Å². The van der Waals surface area contributed by atoms with E-state index in [9.17, 15) is 4.79 Å². The summed E-state index contributed by atoms with van der Waals surface area (Å²) in [5.74, 6) is 0.510. The molecule has 0 atom stereocenters. The molecule has 0 radical (unpaired) electrons. The normalized spacial score (nSPS) is 13.1. The van der Waals surface area contributed by atoms with Crippen LogP contribution in [0.15, 0.2) is 60.7 Å². The number of unbranched alkanes of at least 4 members (excludes halogenated alkanes) is 5. The minimum atomic E-state index is -0.0516. The average molecular weight is 416 g/mol. The van der Waals surface area contributed by atoms with E-state index in [1.807, 2.05) is 60.7 Å². The molecule has 1 aliphatic carbocycles. The number of nitrogens with zero attached hydrogens (tertiary/aromatic N) is 1. The summed E-state index contributed by atoms with van der Waals surface area (Å²) >= 11 is 0. The lowest BCUT2D eigenvalue weighted by Crippen LogP contribution is -2.03. The van der Waals surface area contributed by atoms with Crippen LogP contribution in [0.3, 0.4) is 0 Å². The second-order valence-corrected chi connectivity index (χ2v) is 7.91. The van der Waals surface area contributed by atoms with Crippen molar-refractivity contribution in [1.29, 1.82) is 0 Å². The van der Waals surface area contributed by atoms with Crippen molar-refractivity contribution in [3.05, 3.63) is 77.5 Å². The molecule has 4 heteroatoms. The minimum absolute atomic E-state index is 0.0516. The van der Waals surface area contributed by atoms with E-state index in [4.69, 9.17) is 14.5 Å². The van der Waals surface area contributed by atoms with Gasteiger partial charge in [-0.05, 0) is 18.6 Å². The van der Waals surface area contributed by atoms with Crippen molar-refractivity contribution in [3.63, 3.8) is 0 Å². The summed E-state index contributed by atoms with van der Waals surface area (Å²) < 4.78 is 11.7. The second kappa shape index (κ2) is 10.4. The van der Waals surface area contributed by atoms with Crippen LogP contribution in [0.5, 0.6) is 0 Å². The fourth-order valence-electron chi connectivity index (χ4n) is 3.98. The van der Waals surface area contributed by atoms with Crippen molar-refractivity contribution >= 4 is 28.0 Å². The third kappa shape index (κ3) is 4.86. The van der Waals surface area contributed by atoms with Gasteiger partial charge in [0.2, 0.25) is 0 Å². The summed E-state index contributed by atoms with van der Waals surface area (Å²) in [5, 5.41) is 1.04. The number of carbonyl (C=O) groups is 1. The first-order valence-electron chi connectivity index (χ1n) is 11.2. The molecule has 0 fully saturated rings. The van der Waals surface area contributed by atoms with E-state index in [1.54, 1.807) is 0 Å². The maximum Gasteiger partial charge on any atom is 0.199 e. The molecule has 4 nitrogen and oxygen atoms in total. The zero-order chi connectivity index (χ0) is 21.5. The number of benzene rings is 2. The van der Waals surface area contributed by atoms with Gasteiger partial charge in [-0.2, -0.15) is 0 Å². The average Bonchev–Trinajstić information content (AvgIpc) is 3.09. The Morgan fingerprint density at radius 2 is 1.55 bits per heavy atom. The van der Waals surface area contributed by atoms with Gasteiger partial charge in [-0.25, -0.2) is 4.98 Å². The summed E-state index contributed by atoms with van der Waals surface area (Å²) in [6, 6.07) is 19.3. The Morgan fingerprint density at radius 3 is 2.42 bits per heavy atom. The van der Waals surface area contributed by atoms with E-state index in [0.29, 0.717) is 29.2 Å². The third-order valence-corrected chi connectivity index (χ3v) is 5.65. The maximum absolute atomic E-state index is 13.2. The van der Waals surface area contributed by atoms with Crippen LogP contribution in [0, 0.1) is 0 Å². The smallest absolute Gasteiger partial charge is 0.199 e. The predicted molar refractivity (Wildman–Crippen MR) is 125 cm³/mol. The molecule has 0 amide bonds. The third-order valence-electron chi connectivity index (χ3n) is 5.65. The monoisotopic (exact) mass is 415 g/mol. The number of para-hydroxylation sites is 1. The lowest BCUT2D eigenvalue weighted by molar-refractivity contribution is -0.00231. The van der Waals surface area contributed by atoms with Crippen LogP contribution in [0.25, 0.3) is 22.2 Å². The predicted octanol–water partition coefficient (Wildman–Crippen LogP) is 6.65. The first kappa shape index (κ1) is 21.3. The molecule has 0 aliphatic heterocycles. The Morgan fingerprint density at radius 1 is 0.806 bits per heavy atom. The Balaban J connectivity index is 1.48. The highest BCUT2D eigenvalue weighted by Crippen LogP contribution is 2.38. The van der Waals surface area contributed by atoms with Crippen molar-refractivity contribution in [2.45, 2.75) is 45.4 Å². The number of aromatic nitrogens is 1. The number of hydrogen-bond donors (Lipinski definition) is 0. The number of rotatable bonds is 11. The summed E-state index contributed by atoms with van der Waals surface area (Å²) in [7, 11) is 0. The van der Waals surface area contributed by atoms with Gasteiger partial charge >= 0.3 is 0 Å². The molecule has 4 rings (SSSR count). The van der Waals surface area contributed by atoms with Crippen molar-refractivity contribution in [2.24, 2.45) is 0 Å². The van der Waals surface area contributed by atoms with Crippen LogP contribution >= 0.6 is 0 Å². The first-order chi connectivity index (χ1) is 15.3. The number of carbonyl (C=O) groups excluding carboxylic acids is 1. The lowest BCUT2D eigenvalue weighted by Gasteiger charge is -2.11. The first-order valence-corrected chi connectivity index (χ1v) is 11.2. The van der Waals surface area contributed by atoms with Gasteiger partial charge in [0.1, 0.15) is 5.76 Å². The molecule has 0 unspecified atom stereocenters. The van der Waals surface area contributed by atoms with Gasteiger partial charge in [0.05, 0.1) is 23.4 Å². The quantitative estimate of drug-likeness (QED) is 0.260. The highest BCUT2D eigenvalue weighted by Gasteiger charge is 2.32. The van der Waals surface area contributed by atoms with Crippen LogP contribution in [0.1, 0.15) is 67.1 Å². The number of ether oxygens (including phenoxy) is 2. The van der Waals surface area contributed by atoms with E-state index < -0.39 is 0 Å².